The number of carbonyl (C=O) groups is 1. The molecule has 0 radical (unpaired) electrons. The first-order valence-electron chi connectivity index (χ1n) is 6.75. The molecule has 7 heteroatoms. The maximum atomic E-state index is 12.2. The van der Waals surface area contributed by atoms with Crippen molar-refractivity contribution in [1.29, 1.82) is 5.26 Å². The van der Waals surface area contributed by atoms with Crippen LogP contribution in [0.1, 0.15) is 34.5 Å². The first-order chi connectivity index (χ1) is 10.8. The summed E-state index contributed by atoms with van der Waals surface area (Å²) in [5.41, 5.74) is 1.51. The van der Waals surface area contributed by atoms with Crippen LogP contribution in [-0.2, 0) is 10.0 Å². The minimum Gasteiger partial charge on any atom is -0.346 e. The highest BCUT2D eigenvalue weighted by Crippen LogP contribution is 2.17. The molecular weight excluding hydrogens is 314 g/mol. The lowest BCUT2D eigenvalue weighted by Crippen LogP contribution is -2.26. The van der Waals surface area contributed by atoms with Gasteiger partial charge in [-0.2, -0.15) is 5.26 Å². The Balaban J connectivity index is 2.16. The van der Waals surface area contributed by atoms with Crippen LogP contribution in [0, 0.1) is 11.3 Å². The van der Waals surface area contributed by atoms with Crippen LogP contribution < -0.4 is 10.5 Å². The van der Waals surface area contributed by atoms with Crippen LogP contribution in [0.4, 0.5) is 0 Å². The fourth-order valence-corrected chi connectivity index (χ4v) is 2.59. The van der Waals surface area contributed by atoms with Crippen molar-refractivity contribution in [3.05, 3.63) is 65.2 Å². The third-order valence-corrected chi connectivity index (χ3v) is 4.22. The standard InChI is InChI=1S/C16H15N3O3S/c1-11(14-3-2-4-15(9-14)23(18,21)22)19-16(20)13-7-5-12(10-17)6-8-13/h2-9,11H,1H3,(H,19,20)(H2,18,21,22). The minimum atomic E-state index is -3.79. The van der Waals surface area contributed by atoms with E-state index in [9.17, 15) is 13.2 Å². The molecule has 2 aromatic rings. The normalized spacial score (nSPS) is 12.2. The van der Waals surface area contributed by atoms with Gasteiger partial charge in [0.1, 0.15) is 0 Å². The maximum Gasteiger partial charge on any atom is 0.251 e. The molecule has 0 fully saturated rings. The molecular formula is C16H15N3O3S. The van der Waals surface area contributed by atoms with Gasteiger partial charge in [-0.05, 0) is 48.9 Å². The van der Waals surface area contributed by atoms with Crippen molar-refractivity contribution < 1.29 is 13.2 Å². The van der Waals surface area contributed by atoms with Crippen LogP contribution >= 0.6 is 0 Å². The highest BCUT2D eigenvalue weighted by atomic mass is 32.2. The van der Waals surface area contributed by atoms with Crippen molar-refractivity contribution in [3.63, 3.8) is 0 Å². The van der Waals surface area contributed by atoms with Crippen molar-refractivity contribution in [1.82, 2.24) is 5.32 Å². The lowest BCUT2D eigenvalue weighted by atomic mass is 10.1. The van der Waals surface area contributed by atoms with Gasteiger partial charge in [-0.25, -0.2) is 13.6 Å². The molecule has 2 aromatic carbocycles. The summed E-state index contributed by atoms with van der Waals surface area (Å²) in [6.07, 6.45) is 0. The average molecular weight is 329 g/mol. The Morgan fingerprint density at radius 2 is 1.87 bits per heavy atom. The minimum absolute atomic E-state index is 0.00512. The number of nitrogens with zero attached hydrogens (tertiary/aromatic N) is 1. The number of nitrogens with one attached hydrogen (secondary N) is 1. The van der Waals surface area contributed by atoms with Crippen molar-refractivity contribution in [2.45, 2.75) is 17.9 Å². The predicted octanol–water partition coefficient (Wildman–Crippen LogP) is 1.70. The molecule has 0 spiro atoms. The number of amides is 1. The predicted molar refractivity (Wildman–Crippen MR) is 84.9 cm³/mol. The third kappa shape index (κ3) is 4.16. The van der Waals surface area contributed by atoms with Crippen molar-refractivity contribution in [3.8, 4) is 6.07 Å². The molecule has 118 valence electrons. The molecule has 0 saturated heterocycles. The van der Waals surface area contributed by atoms with Gasteiger partial charge in [-0.15, -0.1) is 0 Å². The Labute approximate surface area is 134 Å². The van der Waals surface area contributed by atoms with E-state index in [2.05, 4.69) is 5.32 Å². The van der Waals surface area contributed by atoms with Gasteiger partial charge < -0.3 is 5.32 Å². The number of rotatable bonds is 4. The molecule has 1 amide bonds. The summed E-state index contributed by atoms with van der Waals surface area (Å²) >= 11 is 0. The molecule has 3 N–H and O–H groups in total. The third-order valence-electron chi connectivity index (χ3n) is 3.31. The second-order valence-corrected chi connectivity index (χ2v) is 6.56. The average Bonchev–Trinajstić information content (AvgIpc) is 2.54. The van der Waals surface area contributed by atoms with E-state index in [1.807, 2.05) is 6.07 Å². The van der Waals surface area contributed by atoms with E-state index in [1.54, 1.807) is 43.3 Å². The molecule has 0 aliphatic rings. The maximum absolute atomic E-state index is 12.2. The molecule has 0 saturated carbocycles. The molecule has 23 heavy (non-hydrogen) atoms. The Morgan fingerprint density at radius 3 is 2.43 bits per heavy atom. The zero-order valence-electron chi connectivity index (χ0n) is 12.4. The molecule has 0 heterocycles. The van der Waals surface area contributed by atoms with Gasteiger partial charge in [0.05, 0.1) is 22.6 Å². The zero-order valence-corrected chi connectivity index (χ0v) is 13.2. The van der Waals surface area contributed by atoms with E-state index in [-0.39, 0.29) is 10.8 Å². The number of primary sulfonamides is 1. The van der Waals surface area contributed by atoms with Crippen LogP contribution in [0.3, 0.4) is 0 Å². The van der Waals surface area contributed by atoms with Gasteiger partial charge in [0, 0.05) is 5.56 Å². The Kier molecular flexibility index (Phi) is 4.79. The second-order valence-electron chi connectivity index (χ2n) is 5.00. The van der Waals surface area contributed by atoms with Gasteiger partial charge in [0.15, 0.2) is 0 Å². The van der Waals surface area contributed by atoms with E-state index in [0.29, 0.717) is 16.7 Å². The largest absolute Gasteiger partial charge is 0.346 e. The number of benzene rings is 2. The smallest absolute Gasteiger partial charge is 0.251 e. The summed E-state index contributed by atoms with van der Waals surface area (Å²) < 4.78 is 22.8. The highest BCUT2D eigenvalue weighted by Gasteiger charge is 2.14. The van der Waals surface area contributed by atoms with E-state index < -0.39 is 16.1 Å². The van der Waals surface area contributed by atoms with Crippen LogP contribution in [0.5, 0.6) is 0 Å². The number of nitriles is 1. The first-order valence-corrected chi connectivity index (χ1v) is 8.29. The van der Waals surface area contributed by atoms with E-state index >= 15 is 0 Å². The lowest BCUT2D eigenvalue weighted by Gasteiger charge is -2.15. The van der Waals surface area contributed by atoms with Crippen LogP contribution in [0.25, 0.3) is 0 Å². The molecule has 0 aromatic heterocycles. The van der Waals surface area contributed by atoms with Crippen LogP contribution in [0.15, 0.2) is 53.4 Å². The quantitative estimate of drug-likeness (QED) is 0.888. The summed E-state index contributed by atoms with van der Waals surface area (Å²) in [5, 5.41) is 16.6. The number of hydrogen-bond acceptors (Lipinski definition) is 4. The number of nitrogens with two attached hydrogens (primary N) is 1. The second kappa shape index (κ2) is 6.60. The number of hydrogen-bond donors (Lipinski definition) is 2. The fourth-order valence-electron chi connectivity index (χ4n) is 2.02. The molecule has 2 rings (SSSR count). The molecule has 6 nitrogen and oxygen atoms in total. The molecule has 0 aliphatic carbocycles. The van der Waals surface area contributed by atoms with Crippen molar-refractivity contribution in [2.24, 2.45) is 5.14 Å². The highest BCUT2D eigenvalue weighted by molar-refractivity contribution is 7.89. The Bertz CT molecular complexity index is 868. The number of sulfonamides is 1. The fraction of sp³-hybridized carbons (Fsp3) is 0.125. The zero-order chi connectivity index (χ0) is 17.0. The number of carbonyl (C=O) groups excluding carboxylic acids is 1. The van der Waals surface area contributed by atoms with E-state index in [4.69, 9.17) is 10.4 Å². The van der Waals surface area contributed by atoms with Gasteiger partial charge >= 0.3 is 0 Å². The Hall–Kier alpha value is -2.69. The monoisotopic (exact) mass is 329 g/mol. The van der Waals surface area contributed by atoms with Gasteiger partial charge in [0.2, 0.25) is 10.0 Å². The molecule has 0 bridgehead atoms. The topological polar surface area (TPSA) is 113 Å². The van der Waals surface area contributed by atoms with Gasteiger partial charge in [-0.1, -0.05) is 12.1 Å². The molecule has 1 unspecified atom stereocenters. The first kappa shape index (κ1) is 16.7. The summed E-state index contributed by atoms with van der Waals surface area (Å²) in [4.78, 5) is 12.2. The summed E-state index contributed by atoms with van der Waals surface area (Å²) in [7, 11) is -3.79. The summed E-state index contributed by atoms with van der Waals surface area (Å²) in [6.45, 7) is 1.74. The van der Waals surface area contributed by atoms with Crippen molar-refractivity contribution >= 4 is 15.9 Å². The van der Waals surface area contributed by atoms with Crippen molar-refractivity contribution in [2.75, 3.05) is 0 Å². The van der Waals surface area contributed by atoms with Crippen LogP contribution in [0.2, 0.25) is 0 Å². The molecule has 0 aliphatic heterocycles. The SMILES string of the molecule is CC(NC(=O)c1ccc(C#N)cc1)c1cccc(S(N)(=O)=O)c1. The van der Waals surface area contributed by atoms with E-state index in [1.165, 1.54) is 12.1 Å². The van der Waals surface area contributed by atoms with Crippen LogP contribution in [-0.4, -0.2) is 14.3 Å². The summed E-state index contributed by atoms with van der Waals surface area (Å²) in [5.74, 6) is -0.317. The lowest BCUT2D eigenvalue weighted by molar-refractivity contribution is 0.0940. The summed E-state index contributed by atoms with van der Waals surface area (Å²) in [6, 6.07) is 13.9. The molecule has 1 atom stereocenters. The Morgan fingerprint density at radius 1 is 1.22 bits per heavy atom. The van der Waals surface area contributed by atoms with Gasteiger partial charge in [0.25, 0.3) is 5.91 Å². The van der Waals surface area contributed by atoms with Gasteiger partial charge in [-0.3, -0.25) is 4.79 Å². The van der Waals surface area contributed by atoms with E-state index in [0.717, 1.165) is 0 Å².